The molecule has 0 bridgehead atoms. The molecule has 2 unspecified atom stereocenters. The number of hydrogen-bond donors (Lipinski definition) is 0. The smallest absolute Gasteiger partial charge is 0.127 e. The van der Waals surface area contributed by atoms with Crippen LogP contribution in [0.15, 0.2) is 42.6 Å². The van der Waals surface area contributed by atoms with Gasteiger partial charge in [-0.05, 0) is 25.1 Å². The Morgan fingerprint density at radius 1 is 1.22 bits per heavy atom. The number of hydrogen-bond acceptors (Lipinski definition) is 1. The van der Waals surface area contributed by atoms with Gasteiger partial charge in [0.25, 0.3) is 0 Å². The fourth-order valence-electron chi connectivity index (χ4n) is 1.94. The maximum absolute atomic E-state index is 13.8. The van der Waals surface area contributed by atoms with Crippen molar-refractivity contribution in [3.05, 3.63) is 65.2 Å². The van der Waals surface area contributed by atoms with E-state index in [0.717, 1.165) is 11.3 Å². The molecule has 0 saturated carbocycles. The van der Waals surface area contributed by atoms with Crippen molar-refractivity contribution in [2.24, 2.45) is 0 Å². The van der Waals surface area contributed by atoms with Crippen LogP contribution >= 0.6 is 15.9 Å². The van der Waals surface area contributed by atoms with Crippen molar-refractivity contribution in [2.45, 2.75) is 24.6 Å². The monoisotopic (exact) mass is 307 g/mol. The fraction of sp³-hybridized carbons (Fsp3) is 0.267. The van der Waals surface area contributed by atoms with Gasteiger partial charge in [0.05, 0.1) is 4.83 Å². The van der Waals surface area contributed by atoms with Crippen molar-refractivity contribution in [3.8, 4) is 0 Å². The standard InChI is InChI=1S/C15H15BrFN/c1-10-6-7-13(17)12(9-10)15(16)11(2)14-5-3-4-8-18-14/h3-9,11,15H,1-2H3. The predicted molar refractivity (Wildman–Crippen MR) is 75.5 cm³/mol. The van der Waals surface area contributed by atoms with E-state index in [1.807, 2.05) is 38.1 Å². The largest absolute Gasteiger partial charge is 0.261 e. The first-order valence-corrected chi connectivity index (χ1v) is 6.82. The molecule has 0 spiro atoms. The van der Waals surface area contributed by atoms with E-state index in [9.17, 15) is 4.39 Å². The average molecular weight is 308 g/mol. The van der Waals surface area contributed by atoms with E-state index in [-0.39, 0.29) is 16.6 Å². The maximum atomic E-state index is 13.8. The van der Waals surface area contributed by atoms with Crippen molar-refractivity contribution in [2.75, 3.05) is 0 Å². The lowest BCUT2D eigenvalue weighted by atomic mass is 9.96. The second-order valence-electron chi connectivity index (χ2n) is 4.47. The zero-order chi connectivity index (χ0) is 13.1. The van der Waals surface area contributed by atoms with Crippen molar-refractivity contribution in [1.82, 2.24) is 4.98 Å². The van der Waals surface area contributed by atoms with Gasteiger partial charge >= 0.3 is 0 Å². The normalized spacial score (nSPS) is 14.2. The summed E-state index contributed by atoms with van der Waals surface area (Å²) in [6.45, 7) is 4.01. The topological polar surface area (TPSA) is 12.9 Å². The molecule has 0 amide bonds. The molecule has 1 aromatic carbocycles. The van der Waals surface area contributed by atoms with Crippen LogP contribution in [-0.4, -0.2) is 4.98 Å². The van der Waals surface area contributed by atoms with Crippen LogP contribution in [0, 0.1) is 12.7 Å². The van der Waals surface area contributed by atoms with Gasteiger partial charge < -0.3 is 0 Å². The highest BCUT2D eigenvalue weighted by molar-refractivity contribution is 9.09. The van der Waals surface area contributed by atoms with E-state index in [1.165, 1.54) is 6.07 Å². The summed E-state index contributed by atoms with van der Waals surface area (Å²) in [5.41, 5.74) is 2.71. The molecule has 0 saturated heterocycles. The lowest BCUT2D eigenvalue weighted by Crippen LogP contribution is -2.06. The van der Waals surface area contributed by atoms with Gasteiger partial charge in [-0.15, -0.1) is 0 Å². The molecule has 0 radical (unpaired) electrons. The van der Waals surface area contributed by atoms with Crippen LogP contribution in [0.5, 0.6) is 0 Å². The van der Waals surface area contributed by atoms with Gasteiger partial charge in [-0.3, -0.25) is 4.98 Å². The molecular weight excluding hydrogens is 293 g/mol. The number of aryl methyl sites for hydroxylation is 1. The van der Waals surface area contributed by atoms with Gasteiger partial charge in [0.15, 0.2) is 0 Å². The zero-order valence-corrected chi connectivity index (χ0v) is 12.0. The Bertz CT molecular complexity index is 527. The predicted octanol–water partition coefficient (Wildman–Crippen LogP) is 4.77. The average Bonchev–Trinajstić information content (AvgIpc) is 2.41. The van der Waals surface area contributed by atoms with Crippen molar-refractivity contribution in [3.63, 3.8) is 0 Å². The van der Waals surface area contributed by atoms with Crippen molar-refractivity contribution >= 4 is 15.9 Å². The first-order chi connectivity index (χ1) is 8.59. The highest BCUT2D eigenvalue weighted by atomic mass is 79.9. The first kappa shape index (κ1) is 13.2. The van der Waals surface area contributed by atoms with Gasteiger partial charge in [0.1, 0.15) is 5.82 Å². The van der Waals surface area contributed by atoms with Crippen LogP contribution in [0.3, 0.4) is 0 Å². The third-order valence-electron chi connectivity index (χ3n) is 3.04. The van der Waals surface area contributed by atoms with Gasteiger partial charge in [-0.2, -0.15) is 0 Å². The molecule has 3 heteroatoms. The SMILES string of the molecule is Cc1ccc(F)c(C(Br)C(C)c2ccccn2)c1. The molecule has 0 aliphatic rings. The third-order valence-corrected chi connectivity index (χ3v) is 4.33. The van der Waals surface area contributed by atoms with E-state index >= 15 is 0 Å². The molecule has 0 aliphatic carbocycles. The van der Waals surface area contributed by atoms with Crippen molar-refractivity contribution < 1.29 is 4.39 Å². The Balaban J connectivity index is 2.31. The minimum Gasteiger partial charge on any atom is -0.261 e. The van der Waals surface area contributed by atoms with Crippen molar-refractivity contribution in [1.29, 1.82) is 0 Å². The molecular formula is C15H15BrFN. The molecule has 94 valence electrons. The number of aromatic nitrogens is 1. The van der Waals surface area contributed by atoms with Crippen LogP contribution in [0.2, 0.25) is 0 Å². The second-order valence-corrected chi connectivity index (χ2v) is 5.46. The number of alkyl halides is 1. The van der Waals surface area contributed by atoms with Gasteiger partial charge in [0.2, 0.25) is 0 Å². The number of benzene rings is 1. The Morgan fingerprint density at radius 3 is 2.67 bits per heavy atom. The Morgan fingerprint density at radius 2 is 2.00 bits per heavy atom. The number of rotatable bonds is 3. The summed E-state index contributed by atoms with van der Waals surface area (Å²) in [5, 5.41) is 0. The minimum atomic E-state index is -0.176. The molecule has 0 aliphatic heterocycles. The summed E-state index contributed by atoms with van der Waals surface area (Å²) in [6, 6.07) is 11.0. The molecule has 2 rings (SSSR count). The van der Waals surface area contributed by atoms with E-state index in [4.69, 9.17) is 0 Å². The van der Waals surface area contributed by atoms with Gasteiger partial charge in [0, 0.05) is 23.4 Å². The summed E-state index contributed by atoms with van der Waals surface area (Å²) in [5.74, 6) is -0.0623. The highest BCUT2D eigenvalue weighted by Crippen LogP contribution is 2.38. The van der Waals surface area contributed by atoms with Gasteiger partial charge in [-0.25, -0.2) is 4.39 Å². The van der Waals surface area contributed by atoms with Crippen LogP contribution in [0.4, 0.5) is 4.39 Å². The fourth-order valence-corrected chi connectivity index (χ4v) is 2.56. The van der Waals surface area contributed by atoms with E-state index in [0.29, 0.717) is 5.56 Å². The molecule has 18 heavy (non-hydrogen) atoms. The summed E-state index contributed by atoms with van der Waals surface area (Å²) >= 11 is 3.59. The van der Waals surface area contributed by atoms with Crippen LogP contribution in [0.1, 0.15) is 34.5 Å². The summed E-state index contributed by atoms with van der Waals surface area (Å²) in [4.78, 5) is 4.25. The number of pyridine rings is 1. The van der Waals surface area contributed by atoms with Crippen LogP contribution < -0.4 is 0 Å². The molecule has 1 aromatic heterocycles. The van der Waals surface area contributed by atoms with E-state index in [1.54, 1.807) is 12.3 Å². The lowest BCUT2D eigenvalue weighted by Gasteiger charge is -2.19. The van der Waals surface area contributed by atoms with Crippen LogP contribution in [-0.2, 0) is 0 Å². The highest BCUT2D eigenvalue weighted by Gasteiger charge is 2.21. The lowest BCUT2D eigenvalue weighted by molar-refractivity contribution is 0.593. The Labute approximate surface area is 115 Å². The van der Waals surface area contributed by atoms with E-state index in [2.05, 4.69) is 20.9 Å². The number of halogens is 2. The molecule has 2 atom stereocenters. The molecule has 2 aromatic rings. The Kier molecular flexibility index (Phi) is 4.12. The molecule has 1 heterocycles. The first-order valence-electron chi connectivity index (χ1n) is 5.90. The minimum absolute atomic E-state index is 0.0766. The number of nitrogens with zero attached hydrogens (tertiary/aromatic N) is 1. The second kappa shape index (κ2) is 5.61. The summed E-state index contributed by atoms with van der Waals surface area (Å²) in [7, 11) is 0. The summed E-state index contributed by atoms with van der Waals surface area (Å²) in [6.07, 6.45) is 1.76. The quantitative estimate of drug-likeness (QED) is 0.744. The third kappa shape index (κ3) is 2.78. The maximum Gasteiger partial charge on any atom is 0.127 e. The molecule has 0 fully saturated rings. The molecule has 0 N–H and O–H groups in total. The molecule has 1 nitrogen and oxygen atoms in total. The summed E-state index contributed by atoms with van der Waals surface area (Å²) < 4.78 is 13.8. The van der Waals surface area contributed by atoms with E-state index < -0.39 is 0 Å². The van der Waals surface area contributed by atoms with Gasteiger partial charge in [-0.1, -0.05) is 46.6 Å². The Hall–Kier alpha value is -1.22. The zero-order valence-electron chi connectivity index (χ0n) is 10.4. The van der Waals surface area contributed by atoms with Crippen LogP contribution in [0.25, 0.3) is 0 Å².